The Kier molecular flexibility index (Phi) is 3.10. The van der Waals surface area contributed by atoms with Crippen LogP contribution < -0.4 is 0 Å². The van der Waals surface area contributed by atoms with Gasteiger partial charge in [-0.15, -0.1) is 0 Å². The number of aromatic amines is 1. The van der Waals surface area contributed by atoms with Crippen molar-refractivity contribution in [2.24, 2.45) is 7.05 Å². The van der Waals surface area contributed by atoms with E-state index >= 15 is 0 Å². The predicted octanol–water partition coefficient (Wildman–Crippen LogP) is 1.27. The zero-order chi connectivity index (χ0) is 12.4. The molecule has 3 rings (SSSR count). The fourth-order valence-electron chi connectivity index (χ4n) is 2.63. The van der Waals surface area contributed by atoms with Crippen LogP contribution in [0.4, 0.5) is 0 Å². The first-order valence-electron chi connectivity index (χ1n) is 6.41. The molecule has 0 saturated carbocycles. The molecule has 0 aliphatic carbocycles. The van der Waals surface area contributed by atoms with Crippen molar-refractivity contribution in [1.82, 2.24) is 29.9 Å². The lowest BCUT2D eigenvalue weighted by atomic mass is 10.0. The number of rotatable bonds is 3. The van der Waals surface area contributed by atoms with Crippen LogP contribution in [0.25, 0.3) is 0 Å². The molecule has 0 bridgehead atoms. The lowest BCUT2D eigenvalue weighted by Gasteiger charge is -2.34. The zero-order valence-corrected chi connectivity index (χ0v) is 10.6. The van der Waals surface area contributed by atoms with Gasteiger partial charge in [-0.1, -0.05) is 6.42 Å². The standard InChI is InChI=1S/C12H18N6/c1-17-10(5-6-15-17)8-18-7-3-2-4-11(18)12-13-9-14-16-12/h5-6,9,11H,2-4,7-8H2,1H3,(H,13,14,16)/t11-/m0/s1. The van der Waals surface area contributed by atoms with Crippen LogP contribution in [0.1, 0.15) is 36.8 Å². The second kappa shape index (κ2) is 4.89. The molecule has 1 fully saturated rings. The fourth-order valence-corrected chi connectivity index (χ4v) is 2.63. The lowest BCUT2D eigenvalue weighted by molar-refractivity contribution is 0.130. The summed E-state index contributed by atoms with van der Waals surface area (Å²) in [6.45, 7) is 2.03. The Labute approximate surface area is 106 Å². The summed E-state index contributed by atoms with van der Waals surface area (Å²) in [4.78, 5) is 6.77. The molecule has 0 aromatic carbocycles. The molecule has 0 amide bonds. The highest BCUT2D eigenvalue weighted by Gasteiger charge is 2.26. The van der Waals surface area contributed by atoms with Crippen molar-refractivity contribution in [1.29, 1.82) is 0 Å². The molecule has 1 aliphatic heterocycles. The highest BCUT2D eigenvalue weighted by atomic mass is 15.3. The number of likely N-dealkylation sites (tertiary alicyclic amines) is 1. The molecule has 1 N–H and O–H groups in total. The Morgan fingerprint density at radius 1 is 1.44 bits per heavy atom. The third kappa shape index (κ3) is 2.15. The number of nitrogens with one attached hydrogen (secondary N) is 1. The van der Waals surface area contributed by atoms with Crippen LogP contribution >= 0.6 is 0 Å². The quantitative estimate of drug-likeness (QED) is 0.885. The number of piperidine rings is 1. The van der Waals surface area contributed by atoms with Gasteiger partial charge in [0, 0.05) is 19.8 Å². The molecule has 1 aliphatic rings. The molecule has 2 aromatic rings. The monoisotopic (exact) mass is 246 g/mol. The van der Waals surface area contributed by atoms with Crippen LogP contribution in [0.5, 0.6) is 0 Å². The molecule has 0 radical (unpaired) electrons. The largest absolute Gasteiger partial charge is 0.288 e. The van der Waals surface area contributed by atoms with E-state index in [4.69, 9.17) is 0 Å². The van der Waals surface area contributed by atoms with Gasteiger partial charge in [0.25, 0.3) is 0 Å². The molecule has 0 unspecified atom stereocenters. The molecule has 96 valence electrons. The summed E-state index contributed by atoms with van der Waals surface area (Å²) in [6, 6.07) is 2.43. The van der Waals surface area contributed by atoms with Gasteiger partial charge >= 0.3 is 0 Å². The Morgan fingerprint density at radius 3 is 3.11 bits per heavy atom. The van der Waals surface area contributed by atoms with Crippen molar-refractivity contribution in [3.63, 3.8) is 0 Å². The Hall–Kier alpha value is -1.69. The maximum atomic E-state index is 4.31. The van der Waals surface area contributed by atoms with E-state index in [1.54, 1.807) is 6.33 Å². The van der Waals surface area contributed by atoms with Crippen LogP contribution in [0.3, 0.4) is 0 Å². The minimum absolute atomic E-state index is 0.358. The third-order valence-electron chi connectivity index (χ3n) is 3.65. The van der Waals surface area contributed by atoms with Crippen molar-refractivity contribution in [2.45, 2.75) is 31.8 Å². The molecule has 6 heteroatoms. The molecule has 6 nitrogen and oxygen atoms in total. The third-order valence-corrected chi connectivity index (χ3v) is 3.65. The van der Waals surface area contributed by atoms with E-state index in [0.717, 1.165) is 25.3 Å². The van der Waals surface area contributed by atoms with E-state index < -0.39 is 0 Å². The summed E-state index contributed by atoms with van der Waals surface area (Å²) in [7, 11) is 1.99. The number of H-pyrrole nitrogens is 1. The summed E-state index contributed by atoms with van der Waals surface area (Å²) in [5.41, 5.74) is 1.24. The van der Waals surface area contributed by atoms with Gasteiger partial charge in [-0.25, -0.2) is 4.98 Å². The Bertz CT molecular complexity index is 488. The average Bonchev–Trinajstić information content (AvgIpc) is 3.03. The Balaban J connectivity index is 1.78. The minimum Gasteiger partial charge on any atom is -0.288 e. The predicted molar refractivity (Wildman–Crippen MR) is 66.6 cm³/mol. The van der Waals surface area contributed by atoms with Gasteiger partial charge in [-0.3, -0.25) is 14.7 Å². The highest BCUT2D eigenvalue weighted by Crippen LogP contribution is 2.29. The van der Waals surface area contributed by atoms with E-state index in [0.29, 0.717) is 6.04 Å². The molecule has 0 spiro atoms. The summed E-state index contributed by atoms with van der Waals surface area (Å²) in [5.74, 6) is 0.983. The van der Waals surface area contributed by atoms with Gasteiger partial charge in [0.05, 0.1) is 11.7 Å². The molecule has 18 heavy (non-hydrogen) atoms. The van der Waals surface area contributed by atoms with E-state index in [-0.39, 0.29) is 0 Å². The number of nitrogens with zero attached hydrogens (tertiary/aromatic N) is 5. The molecule has 3 heterocycles. The van der Waals surface area contributed by atoms with Crippen LogP contribution in [0, 0.1) is 0 Å². The topological polar surface area (TPSA) is 62.6 Å². The van der Waals surface area contributed by atoms with Crippen LogP contribution in [0.15, 0.2) is 18.6 Å². The SMILES string of the molecule is Cn1nccc1CN1CCCC[C@H]1c1ncn[nH]1. The highest BCUT2D eigenvalue weighted by molar-refractivity contribution is 5.03. The lowest BCUT2D eigenvalue weighted by Crippen LogP contribution is -2.34. The first-order chi connectivity index (χ1) is 8.84. The second-order valence-electron chi connectivity index (χ2n) is 4.80. The summed E-state index contributed by atoms with van der Waals surface area (Å²) >= 11 is 0. The van der Waals surface area contributed by atoms with Gasteiger partial charge in [-0.05, 0) is 25.5 Å². The summed E-state index contributed by atoms with van der Waals surface area (Å²) in [5, 5.41) is 11.2. The van der Waals surface area contributed by atoms with Crippen LogP contribution in [-0.4, -0.2) is 36.4 Å². The smallest absolute Gasteiger partial charge is 0.141 e. The molecular formula is C12H18N6. The van der Waals surface area contributed by atoms with Crippen molar-refractivity contribution >= 4 is 0 Å². The van der Waals surface area contributed by atoms with Gasteiger partial charge in [0.15, 0.2) is 0 Å². The van der Waals surface area contributed by atoms with Gasteiger partial charge in [0.1, 0.15) is 12.2 Å². The first kappa shape index (κ1) is 11.4. The van der Waals surface area contributed by atoms with E-state index in [9.17, 15) is 0 Å². The molecule has 1 saturated heterocycles. The van der Waals surface area contributed by atoms with Crippen molar-refractivity contribution < 1.29 is 0 Å². The first-order valence-corrected chi connectivity index (χ1v) is 6.41. The molecule has 1 atom stereocenters. The van der Waals surface area contributed by atoms with Crippen molar-refractivity contribution in [2.75, 3.05) is 6.54 Å². The van der Waals surface area contributed by atoms with E-state index in [2.05, 4.69) is 31.2 Å². The maximum Gasteiger partial charge on any atom is 0.141 e. The Morgan fingerprint density at radius 2 is 2.39 bits per heavy atom. The van der Waals surface area contributed by atoms with Crippen molar-refractivity contribution in [3.8, 4) is 0 Å². The van der Waals surface area contributed by atoms with Crippen molar-refractivity contribution in [3.05, 3.63) is 30.1 Å². The number of hydrogen-bond donors (Lipinski definition) is 1. The van der Waals surface area contributed by atoms with Gasteiger partial charge < -0.3 is 0 Å². The molecular weight excluding hydrogens is 228 g/mol. The van der Waals surface area contributed by atoms with E-state index in [1.807, 2.05) is 17.9 Å². The molecule has 2 aromatic heterocycles. The normalized spacial score (nSPS) is 21.3. The summed E-state index contributed by atoms with van der Waals surface area (Å²) in [6.07, 6.45) is 7.09. The number of hydrogen-bond acceptors (Lipinski definition) is 4. The van der Waals surface area contributed by atoms with Gasteiger partial charge in [0.2, 0.25) is 0 Å². The average molecular weight is 246 g/mol. The van der Waals surface area contributed by atoms with Gasteiger partial charge in [-0.2, -0.15) is 10.2 Å². The second-order valence-corrected chi connectivity index (χ2v) is 4.80. The minimum atomic E-state index is 0.358. The fraction of sp³-hybridized carbons (Fsp3) is 0.583. The van der Waals surface area contributed by atoms with E-state index in [1.165, 1.54) is 18.5 Å². The van der Waals surface area contributed by atoms with Crippen LogP contribution in [0.2, 0.25) is 0 Å². The van der Waals surface area contributed by atoms with Crippen LogP contribution in [-0.2, 0) is 13.6 Å². The number of aryl methyl sites for hydroxylation is 1. The number of aromatic nitrogens is 5. The zero-order valence-electron chi connectivity index (χ0n) is 10.6. The maximum absolute atomic E-state index is 4.31. The summed E-state index contributed by atoms with van der Waals surface area (Å²) < 4.78 is 1.94.